The van der Waals surface area contributed by atoms with Crippen LogP contribution >= 0.6 is 11.8 Å². The van der Waals surface area contributed by atoms with Gasteiger partial charge in [0.15, 0.2) is 0 Å². The maximum atomic E-state index is 5.81. The standard InChI is InChI=1S/C8H13N3S/c1-6(9)8-2-3-10-11(8)7-4-12-5-7/h2-3,6-7H,4-5,9H2,1H3. The van der Waals surface area contributed by atoms with Gasteiger partial charge in [-0.05, 0) is 13.0 Å². The molecule has 2 rings (SSSR count). The molecule has 0 amide bonds. The van der Waals surface area contributed by atoms with E-state index in [1.165, 1.54) is 11.5 Å². The summed E-state index contributed by atoms with van der Waals surface area (Å²) < 4.78 is 2.07. The molecular formula is C8H13N3S. The lowest BCUT2D eigenvalue weighted by Gasteiger charge is -2.27. The van der Waals surface area contributed by atoms with E-state index in [0.29, 0.717) is 6.04 Å². The Bertz CT molecular complexity index is 265. The average Bonchev–Trinajstić information content (AvgIpc) is 2.31. The monoisotopic (exact) mass is 183 g/mol. The smallest absolute Gasteiger partial charge is 0.0703 e. The van der Waals surface area contributed by atoms with Gasteiger partial charge in [0.25, 0.3) is 0 Å². The topological polar surface area (TPSA) is 43.8 Å². The summed E-state index contributed by atoms with van der Waals surface area (Å²) in [6, 6.07) is 2.69. The number of hydrogen-bond donors (Lipinski definition) is 1. The predicted octanol–water partition coefficient (Wildman–Crippen LogP) is 1.19. The molecule has 4 heteroatoms. The summed E-state index contributed by atoms with van der Waals surface area (Å²) in [7, 11) is 0. The Morgan fingerprint density at radius 2 is 2.50 bits per heavy atom. The summed E-state index contributed by atoms with van der Waals surface area (Å²) in [6.45, 7) is 2.00. The minimum atomic E-state index is 0.0955. The average molecular weight is 183 g/mol. The van der Waals surface area contributed by atoms with Gasteiger partial charge in [0.05, 0.1) is 11.7 Å². The first kappa shape index (κ1) is 8.13. The lowest BCUT2D eigenvalue weighted by atomic mass is 10.2. The minimum Gasteiger partial charge on any atom is -0.323 e. The summed E-state index contributed by atoms with van der Waals surface area (Å²) in [6.07, 6.45) is 1.84. The molecule has 2 N–H and O–H groups in total. The fourth-order valence-electron chi connectivity index (χ4n) is 1.35. The molecule has 2 heterocycles. The van der Waals surface area contributed by atoms with Gasteiger partial charge in [0, 0.05) is 23.7 Å². The lowest BCUT2D eigenvalue weighted by molar-refractivity contribution is 0.490. The van der Waals surface area contributed by atoms with E-state index < -0.39 is 0 Å². The maximum absolute atomic E-state index is 5.81. The maximum Gasteiger partial charge on any atom is 0.0703 e. The van der Waals surface area contributed by atoms with Crippen molar-refractivity contribution in [3.8, 4) is 0 Å². The molecule has 0 saturated carbocycles. The van der Waals surface area contributed by atoms with E-state index in [1.807, 2.05) is 30.9 Å². The van der Waals surface area contributed by atoms with Crippen LogP contribution in [0.25, 0.3) is 0 Å². The number of nitrogens with two attached hydrogens (primary N) is 1. The van der Waals surface area contributed by atoms with Crippen molar-refractivity contribution in [1.29, 1.82) is 0 Å². The third kappa shape index (κ3) is 1.25. The number of rotatable bonds is 2. The van der Waals surface area contributed by atoms with Crippen LogP contribution in [0.4, 0.5) is 0 Å². The van der Waals surface area contributed by atoms with Crippen molar-refractivity contribution < 1.29 is 0 Å². The second-order valence-corrected chi connectivity index (χ2v) is 4.26. The highest BCUT2D eigenvalue weighted by molar-refractivity contribution is 8.00. The van der Waals surface area contributed by atoms with Gasteiger partial charge in [-0.1, -0.05) is 0 Å². The Labute approximate surface area is 76.3 Å². The SMILES string of the molecule is CC(N)c1ccnn1C1CSC1. The molecule has 66 valence electrons. The number of hydrogen-bond acceptors (Lipinski definition) is 3. The Balaban J connectivity index is 2.23. The molecule has 1 atom stereocenters. The van der Waals surface area contributed by atoms with Crippen LogP contribution in [0.15, 0.2) is 12.3 Å². The van der Waals surface area contributed by atoms with Crippen LogP contribution in [0, 0.1) is 0 Å². The molecule has 1 fully saturated rings. The van der Waals surface area contributed by atoms with Crippen molar-refractivity contribution in [3.63, 3.8) is 0 Å². The molecule has 3 nitrogen and oxygen atoms in total. The molecule has 0 aliphatic carbocycles. The third-order valence-corrected chi connectivity index (χ3v) is 3.37. The predicted molar refractivity (Wildman–Crippen MR) is 51.2 cm³/mol. The van der Waals surface area contributed by atoms with Gasteiger partial charge in [-0.25, -0.2) is 0 Å². The molecule has 1 aliphatic heterocycles. The van der Waals surface area contributed by atoms with Crippen molar-refractivity contribution in [2.45, 2.75) is 19.0 Å². The highest BCUT2D eigenvalue weighted by atomic mass is 32.2. The molecule has 1 aliphatic rings. The number of thioether (sulfide) groups is 1. The largest absolute Gasteiger partial charge is 0.323 e. The molecule has 1 unspecified atom stereocenters. The Kier molecular flexibility index (Phi) is 2.11. The van der Waals surface area contributed by atoms with E-state index >= 15 is 0 Å². The summed E-state index contributed by atoms with van der Waals surface area (Å²) in [5.74, 6) is 2.36. The number of nitrogens with zero attached hydrogens (tertiary/aromatic N) is 2. The molecule has 12 heavy (non-hydrogen) atoms. The van der Waals surface area contributed by atoms with Gasteiger partial charge >= 0.3 is 0 Å². The molecule has 0 radical (unpaired) electrons. The van der Waals surface area contributed by atoms with Crippen molar-refractivity contribution >= 4 is 11.8 Å². The Morgan fingerprint density at radius 3 is 3.00 bits per heavy atom. The minimum absolute atomic E-state index is 0.0955. The molecule has 0 bridgehead atoms. The van der Waals surface area contributed by atoms with Crippen LogP contribution in [0.5, 0.6) is 0 Å². The van der Waals surface area contributed by atoms with Gasteiger partial charge in [-0.2, -0.15) is 16.9 Å². The Hall–Kier alpha value is -0.480. The highest BCUT2D eigenvalue weighted by Gasteiger charge is 2.23. The van der Waals surface area contributed by atoms with Crippen molar-refractivity contribution in [3.05, 3.63) is 18.0 Å². The molecule has 1 aromatic rings. The summed E-state index contributed by atoms with van der Waals surface area (Å²) in [4.78, 5) is 0. The first-order chi connectivity index (χ1) is 5.79. The Morgan fingerprint density at radius 1 is 1.75 bits per heavy atom. The van der Waals surface area contributed by atoms with Crippen LogP contribution in [0.3, 0.4) is 0 Å². The summed E-state index contributed by atoms with van der Waals surface area (Å²) in [5.41, 5.74) is 6.96. The van der Waals surface area contributed by atoms with Gasteiger partial charge in [-0.15, -0.1) is 0 Å². The zero-order chi connectivity index (χ0) is 8.55. The molecule has 1 aromatic heterocycles. The van der Waals surface area contributed by atoms with Crippen molar-refractivity contribution in [2.24, 2.45) is 5.73 Å². The van der Waals surface area contributed by atoms with Crippen molar-refractivity contribution in [1.82, 2.24) is 9.78 Å². The fourth-order valence-corrected chi connectivity index (χ4v) is 2.08. The third-order valence-electron chi connectivity index (χ3n) is 2.13. The highest BCUT2D eigenvalue weighted by Crippen LogP contribution is 2.30. The zero-order valence-corrected chi connectivity index (χ0v) is 7.92. The van der Waals surface area contributed by atoms with E-state index in [-0.39, 0.29) is 6.04 Å². The van der Waals surface area contributed by atoms with Gasteiger partial charge in [0.2, 0.25) is 0 Å². The zero-order valence-electron chi connectivity index (χ0n) is 7.10. The normalized spacial score (nSPS) is 20.5. The van der Waals surface area contributed by atoms with Crippen LogP contribution in [0.1, 0.15) is 24.7 Å². The van der Waals surface area contributed by atoms with E-state index in [4.69, 9.17) is 5.73 Å². The summed E-state index contributed by atoms with van der Waals surface area (Å²) >= 11 is 1.96. The van der Waals surface area contributed by atoms with Gasteiger partial charge in [0.1, 0.15) is 0 Å². The van der Waals surface area contributed by atoms with Gasteiger partial charge in [-0.3, -0.25) is 4.68 Å². The van der Waals surface area contributed by atoms with Gasteiger partial charge < -0.3 is 5.73 Å². The molecular weight excluding hydrogens is 170 g/mol. The number of aromatic nitrogens is 2. The second-order valence-electron chi connectivity index (χ2n) is 3.18. The fraction of sp³-hybridized carbons (Fsp3) is 0.625. The quantitative estimate of drug-likeness (QED) is 0.749. The summed E-state index contributed by atoms with van der Waals surface area (Å²) in [5, 5.41) is 4.28. The molecule has 0 aromatic carbocycles. The molecule has 1 saturated heterocycles. The van der Waals surface area contributed by atoms with Crippen LogP contribution in [-0.4, -0.2) is 21.3 Å². The molecule has 0 spiro atoms. The van der Waals surface area contributed by atoms with Crippen molar-refractivity contribution in [2.75, 3.05) is 11.5 Å². The van der Waals surface area contributed by atoms with Crippen LogP contribution < -0.4 is 5.73 Å². The first-order valence-corrected chi connectivity index (χ1v) is 5.31. The first-order valence-electron chi connectivity index (χ1n) is 4.16. The van der Waals surface area contributed by atoms with E-state index in [0.717, 1.165) is 5.69 Å². The van der Waals surface area contributed by atoms with E-state index in [1.54, 1.807) is 0 Å². The van der Waals surface area contributed by atoms with Crippen LogP contribution in [-0.2, 0) is 0 Å². The lowest BCUT2D eigenvalue weighted by Crippen LogP contribution is -2.27. The van der Waals surface area contributed by atoms with Crippen LogP contribution in [0.2, 0.25) is 0 Å². The van der Waals surface area contributed by atoms with E-state index in [9.17, 15) is 0 Å². The second kappa shape index (κ2) is 3.11. The van der Waals surface area contributed by atoms with E-state index in [2.05, 4.69) is 9.78 Å².